The van der Waals surface area contributed by atoms with Gasteiger partial charge in [0.1, 0.15) is 0 Å². The second-order valence-corrected chi connectivity index (χ2v) is 7.69. The number of nitrogens with one attached hydrogen (secondary N) is 2. The number of carbonyl (C=O) groups excluding carboxylic acids is 2. The minimum atomic E-state index is -0.496. The summed E-state index contributed by atoms with van der Waals surface area (Å²) in [6.45, 7) is 2.48. The van der Waals surface area contributed by atoms with Crippen LogP contribution in [0.15, 0.2) is 59.1 Å². The molecule has 0 saturated heterocycles. The van der Waals surface area contributed by atoms with E-state index < -0.39 is 6.03 Å². The third kappa shape index (κ3) is 6.73. The number of carbonyl (C=O) groups is 2. The van der Waals surface area contributed by atoms with Crippen LogP contribution < -0.4 is 10.6 Å². The Morgan fingerprint density at radius 3 is 2.53 bits per heavy atom. The van der Waals surface area contributed by atoms with E-state index in [1.165, 1.54) is 17.3 Å². The molecule has 2 aromatic carbocycles. The molecule has 8 heteroatoms. The van der Waals surface area contributed by atoms with Crippen molar-refractivity contribution in [2.45, 2.75) is 32.1 Å². The maximum atomic E-state index is 11.9. The van der Waals surface area contributed by atoms with Crippen LogP contribution in [0.5, 0.6) is 0 Å². The highest BCUT2D eigenvalue weighted by Gasteiger charge is 2.10. The monoisotopic (exact) mass is 424 g/mol. The minimum absolute atomic E-state index is 0.225. The van der Waals surface area contributed by atoms with Crippen molar-refractivity contribution in [3.05, 3.63) is 71.6 Å². The van der Waals surface area contributed by atoms with Crippen LogP contribution in [0.1, 0.15) is 30.4 Å². The molecule has 0 atom stereocenters. The number of urea groups is 1. The van der Waals surface area contributed by atoms with Crippen LogP contribution in [-0.4, -0.2) is 27.8 Å². The van der Waals surface area contributed by atoms with E-state index >= 15 is 0 Å². The van der Waals surface area contributed by atoms with Crippen molar-refractivity contribution < 1.29 is 14.1 Å². The van der Waals surface area contributed by atoms with Crippen LogP contribution in [-0.2, 0) is 23.5 Å². The second kappa shape index (κ2) is 11.2. The molecule has 1 heterocycles. The molecule has 1 aromatic heterocycles. The lowest BCUT2D eigenvalue weighted by molar-refractivity contribution is -0.119. The fourth-order valence-electron chi connectivity index (χ4n) is 2.66. The van der Waals surface area contributed by atoms with Gasteiger partial charge in [0.2, 0.25) is 17.6 Å². The summed E-state index contributed by atoms with van der Waals surface area (Å²) < 4.78 is 5.27. The zero-order valence-corrected chi connectivity index (χ0v) is 17.6. The molecule has 3 rings (SSSR count). The number of imide groups is 1. The fourth-order valence-corrected chi connectivity index (χ4v) is 3.42. The molecule has 0 saturated carbocycles. The maximum absolute atomic E-state index is 11.9. The summed E-state index contributed by atoms with van der Waals surface area (Å²) in [5, 5.41) is 9.00. The molecule has 0 unspecified atom stereocenters. The lowest BCUT2D eigenvalue weighted by atomic mass is 10.1. The average Bonchev–Trinajstić information content (AvgIpc) is 3.25. The number of rotatable bonds is 9. The number of benzene rings is 2. The predicted molar refractivity (Wildman–Crippen MR) is 117 cm³/mol. The highest BCUT2D eigenvalue weighted by molar-refractivity contribution is 7.98. The Balaban J connectivity index is 1.34. The Kier molecular flexibility index (Phi) is 8.02. The molecule has 0 fully saturated rings. The van der Waals surface area contributed by atoms with Gasteiger partial charge in [-0.25, -0.2) is 4.79 Å². The maximum Gasteiger partial charge on any atom is 0.321 e. The van der Waals surface area contributed by atoms with Crippen molar-refractivity contribution in [3.63, 3.8) is 0 Å². The Hall–Kier alpha value is -3.13. The van der Waals surface area contributed by atoms with Crippen LogP contribution in [0.4, 0.5) is 4.79 Å². The summed E-state index contributed by atoms with van der Waals surface area (Å²) in [7, 11) is 0. The van der Waals surface area contributed by atoms with E-state index in [1.54, 1.807) is 0 Å². The minimum Gasteiger partial charge on any atom is -0.338 e. The molecule has 0 bridgehead atoms. The smallest absolute Gasteiger partial charge is 0.321 e. The molecule has 156 valence electrons. The molecule has 30 heavy (non-hydrogen) atoms. The standard InChI is InChI=1S/C22H24N4O3S/c1-2-16-8-10-18(11-9-16)21-25-20(29-26-21)15-30-13-12-19(27)24-22(28)23-14-17-6-4-3-5-7-17/h3-11H,2,12-15H2,1H3,(H2,23,24,27,28). The SMILES string of the molecule is CCc1ccc(-c2noc(CSCCC(=O)NC(=O)NCc3ccccc3)n2)cc1. The number of aryl methyl sites for hydroxylation is 1. The molecular weight excluding hydrogens is 400 g/mol. The van der Waals surface area contributed by atoms with Crippen molar-refractivity contribution >= 4 is 23.7 Å². The lowest BCUT2D eigenvalue weighted by Crippen LogP contribution is -2.39. The molecule has 7 nitrogen and oxygen atoms in total. The number of hydrogen-bond acceptors (Lipinski definition) is 6. The van der Waals surface area contributed by atoms with Crippen LogP contribution in [0, 0.1) is 0 Å². The van der Waals surface area contributed by atoms with Gasteiger partial charge in [-0.3, -0.25) is 10.1 Å². The molecule has 0 aliphatic carbocycles. The van der Waals surface area contributed by atoms with Gasteiger partial charge in [-0.2, -0.15) is 16.7 Å². The molecule has 3 amide bonds. The van der Waals surface area contributed by atoms with Gasteiger partial charge in [-0.1, -0.05) is 66.7 Å². The van der Waals surface area contributed by atoms with E-state index in [0.717, 1.165) is 17.5 Å². The van der Waals surface area contributed by atoms with Gasteiger partial charge in [-0.15, -0.1) is 0 Å². The second-order valence-electron chi connectivity index (χ2n) is 6.58. The molecule has 0 spiro atoms. The quantitative estimate of drug-likeness (QED) is 0.505. The van der Waals surface area contributed by atoms with Gasteiger partial charge in [0.05, 0.1) is 5.75 Å². The summed E-state index contributed by atoms with van der Waals surface area (Å²) in [6, 6.07) is 17.1. The number of thioether (sulfide) groups is 1. The van der Waals surface area contributed by atoms with Crippen LogP contribution in [0.3, 0.4) is 0 Å². The van der Waals surface area contributed by atoms with E-state index in [4.69, 9.17) is 4.52 Å². The van der Waals surface area contributed by atoms with Gasteiger partial charge >= 0.3 is 6.03 Å². The summed E-state index contributed by atoms with van der Waals surface area (Å²) in [4.78, 5) is 28.0. The topological polar surface area (TPSA) is 97.1 Å². The number of aromatic nitrogens is 2. The van der Waals surface area contributed by atoms with Gasteiger partial charge in [-0.05, 0) is 17.5 Å². The number of amides is 3. The number of nitrogens with zero attached hydrogens (tertiary/aromatic N) is 2. The van der Waals surface area contributed by atoms with E-state index in [9.17, 15) is 9.59 Å². The van der Waals surface area contributed by atoms with Crippen LogP contribution in [0.25, 0.3) is 11.4 Å². The summed E-state index contributed by atoms with van der Waals surface area (Å²) >= 11 is 1.50. The summed E-state index contributed by atoms with van der Waals surface area (Å²) in [5.41, 5.74) is 3.13. The highest BCUT2D eigenvalue weighted by Crippen LogP contribution is 2.19. The largest absolute Gasteiger partial charge is 0.338 e. The molecule has 0 aliphatic rings. The first kappa shape index (κ1) is 21.6. The van der Waals surface area contributed by atoms with Gasteiger partial charge in [0.25, 0.3) is 0 Å². The molecular formula is C22H24N4O3S. The lowest BCUT2D eigenvalue weighted by Gasteiger charge is -2.06. The third-order valence-corrected chi connectivity index (χ3v) is 5.28. The zero-order chi connectivity index (χ0) is 21.2. The van der Waals surface area contributed by atoms with Crippen molar-refractivity contribution in [2.75, 3.05) is 5.75 Å². The predicted octanol–water partition coefficient (Wildman–Crippen LogP) is 3.95. The Labute approximate surface area is 179 Å². The van der Waals surface area contributed by atoms with Crippen molar-refractivity contribution in [3.8, 4) is 11.4 Å². The highest BCUT2D eigenvalue weighted by atomic mass is 32.2. The van der Waals surface area contributed by atoms with Crippen LogP contribution >= 0.6 is 11.8 Å². The Bertz CT molecular complexity index is 958. The molecule has 2 N–H and O–H groups in total. The van der Waals surface area contributed by atoms with Crippen molar-refractivity contribution in [2.24, 2.45) is 0 Å². The summed E-state index contributed by atoms with van der Waals surface area (Å²) in [6.07, 6.45) is 1.21. The summed E-state index contributed by atoms with van der Waals surface area (Å²) in [5.74, 6) is 1.79. The average molecular weight is 425 g/mol. The van der Waals surface area contributed by atoms with Gasteiger partial charge in [0.15, 0.2) is 0 Å². The van der Waals surface area contributed by atoms with Crippen molar-refractivity contribution in [1.82, 2.24) is 20.8 Å². The first-order chi connectivity index (χ1) is 14.6. The zero-order valence-electron chi connectivity index (χ0n) is 16.8. The van der Waals surface area contributed by atoms with Gasteiger partial charge < -0.3 is 9.84 Å². The van der Waals surface area contributed by atoms with Gasteiger partial charge in [0, 0.05) is 24.3 Å². The Morgan fingerprint density at radius 2 is 1.80 bits per heavy atom. The first-order valence-electron chi connectivity index (χ1n) is 9.75. The molecule has 0 radical (unpaired) electrons. The van der Waals surface area contributed by atoms with Crippen molar-refractivity contribution in [1.29, 1.82) is 0 Å². The van der Waals surface area contributed by atoms with E-state index in [1.807, 2.05) is 42.5 Å². The third-order valence-electron chi connectivity index (χ3n) is 4.34. The molecule has 3 aromatic rings. The fraction of sp³-hybridized carbons (Fsp3) is 0.273. The van der Waals surface area contributed by atoms with E-state index in [0.29, 0.717) is 29.8 Å². The number of hydrogen-bond donors (Lipinski definition) is 2. The molecule has 0 aliphatic heterocycles. The van der Waals surface area contributed by atoms with E-state index in [2.05, 4.69) is 39.8 Å². The normalized spacial score (nSPS) is 10.6. The van der Waals surface area contributed by atoms with E-state index in [-0.39, 0.29) is 12.3 Å². The Morgan fingerprint density at radius 1 is 1.03 bits per heavy atom. The first-order valence-corrected chi connectivity index (χ1v) is 10.9. The van der Waals surface area contributed by atoms with Crippen LogP contribution in [0.2, 0.25) is 0 Å².